The Kier molecular flexibility index (Phi) is 4.08. The van der Waals surface area contributed by atoms with E-state index in [1.54, 1.807) is 0 Å². The molecule has 1 aliphatic carbocycles. The van der Waals surface area contributed by atoms with Crippen molar-refractivity contribution < 1.29 is 23.5 Å². The molecule has 2 N–H and O–H groups in total. The van der Waals surface area contributed by atoms with E-state index < -0.39 is 34.6 Å². The molecule has 0 aromatic heterocycles. The minimum atomic E-state index is -1.43. The number of carboxylic acid groups (broad SMARTS) is 1. The van der Waals surface area contributed by atoms with Gasteiger partial charge in [0.15, 0.2) is 0 Å². The zero-order valence-corrected chi connectivity index (χ0v) is 12.0. The van der Waals surface area contributed by atoms with Crippen LogP contribution in [0.1, 0.15) is 36.0 Å². The van der Waals surface area contributed by atoms with Crippen LogP contribution < -0.4 is 5.32 Å². The van der Waals surface area contributed by atoms with Gasteiger partial charge in [0, 0.05) is 4.47 Å². The lowest BCUT2D eigenvalue weighted by atomic mass is 9.97. The van der Waals surface area contributed by atoms with Crippen molar-refractivity contribution in [3.8, 4) is 0 Å². The molecular weight excluding hydrogens is 336 g/mol. The highest BCUT2D eigenvalue weighted by Gasteiger charge is 2.43. The number of benzene rings is 1. The molecule has 1 saturated carbocycles. The standard InChI is InChI=1S/C13H12BrF2NO3/c14-7-5-8(15)10(9(16)6-7)11(18)17-13(12(19)20)3-1-2-4-13/h5-6H,1-4H2,(H,17,18)(H,19,20). The minimum Gasteiger partial charge on any atom is -0.480 e. The van der Waals surface area contributed by atoms with E-state index in [9.17, 15) is 23.5 Å². The van der Waals surface area contributed by atoms with Gasteiger partial charge in [-0.25, -0.2) is 13.6 Å². The van der Waals surface area contributed by atoms with Crippen molar-refractivity contribution in [1.29, 1.82) is 0 Å². The molecule has 0 aliphatic heterocycles. The highest BCUT2D eigenvalue weighted by molar-refractivity contribution is 9.10. The molecule has 20 heavy (non-hydrogen) atoms. The number of hydrogen-bond acceptors (Lipinski definition) is 2. The highest BCUT2D eigenvalue weighted by Crippen LogP contribution is 2.31. The summed E-state index contributed by atoms with van der Waals surface area (Å²) in [5, 5.41) is 11.5. The van der Waals surface area contributed by atoms with Crippen LogP contribution in [0.4, 0.5) is 8.78 Å². The Hall–Kier alpha value is -1.50. The summed E-state index contributed by atoms with van der Waals surface area (Å²) in [5.74, 6) is -4.29. The molecule has 108 valence electrons. The number of carbonyl (C=O) groups excluding carboxylic acids is 1. The molecule has 0 atom stereocenters. The number of aliphatic carboxylic acids is 1. The van der Waals surface area contributed by atoms with Gasteiger partial charge in [0.25, 0.3) is 5.91 Å². The summed E-state index contributed by atoms with van der Waals surface area (Å²) in [4.78, 5) is 23.3. The van der Waals surface area contributed by atoms with Crippen molar-refractivity contribution in [2.45, 2.75) is 31.2 Å². The number of halogens is 3. The molecule has 1 fully saturated rings. The molecule has 0 heterocycles. The van der Waals surface area contributed by atoms with Gasteiger partial charge in [0.05, 0.1) is 0 Å². The van der Waals surface area contributed by atoms with Gasteiger partial charge in [-0.1, -0.05) is 28.8 Å². The molecule has 0 radical (unpaired) electrons. The SMILES string of the molecule is O=C(NC1(C(=O)O)CCCC1)c1c(F)cc(Br)cc1F. The molecule has 7 heteroatoms. The third-order valence-corrected chi connectivity index (χ3v) is 3.91. The van der Waals surface area contributed by atoms with Crippen LogP contribution in [0.25, 0.3) is 0 Å². The number of carbonyl (C=O) groups is 2. The van der Waals surface area contributed by atoms with Gasteiger partial charge in [-0.05, 0) is 25.0 Å². The lowest BCUT2D eigenvalue weighted by Gasteiger charge is -2.25. The van der Waals surface area contributed by atoms with E-state index in [0.29, 0.717) is 12.8 Å². The molecule has 0 bridgehead atoms. The summed E-state index contributed by atoms with van der Waals surface area (Å²) >= 11 is 2.91. The Labute approximate surface area is 122 Å². The second-order valence-corrected chi connectivity index (χ2v) is 5.71. The largest absolute Gasteiger partial charge is 0.480 e. The van der Waals surface area contributed by atoms with Crippen molar-refractivity contribution in [3.05, 3.63) is 33.8 Å². The maximum Gasteiger partial charge on any atom is 0.329 e. The fourth-order valence-electron chi connectivity index (χ4n) is 2.41. The van der Waals surface area contributed by atoms with Gasteiger partial charge in [0.2, 0.25) is 0 Å². The quantitative estimate of drug-likeness (QED) is 0.883. The molecule has 1 amide bonds. The van der Waals surface area contributed by atoms with Crippen LogP contribution in [0.15, 0.2) is 16.6 Å². The van der Waals surface area contributed by atoms with E-state index in [-0.39, 0.29) is 17.3 Å². The van der Waals surface area contributed by atoms with E-state index in [1.165, 1.54) is 0 Å². The van der Waals surface area contributed by atoms with E-state index in [1.807, 2.05) is 0 Å². The Morgan fingerprint density at radius 2 is 1.70 bits per heavy atom. The van der Waals surface area contributed by atoms with Gasteiger partial charge in [-0.2, -0.15) is 0 Å². The topological polar surface area (TPSA) is 66.4 Å². The van der Waals surface area contributed by atoms with Crippen molar-refractivity contribution in [3.63, 3.8) is 0 Å². The fraction of sp³-hybridized carbons (Fsp3) is 0.385. The Morgan fingerprint density at radius 1 is 1.20 bits per heavy atom. The second-order valence-electron chi connectivity index (χ2n) is 4.79. The first-order valence-corrected chi connectivity index (χ1v) is 6.85. The predicted molar refractivity (Wildman–Crippen MR) is 70.4 cm³/mol. The summed E-state index contributed by atoms with van der Waals surface area (Å²) < 4.78 is 27.5. The van der Waals surface area contributed by atoms with Crippen molar-refractivity contribution in [1.82, 2.24) is 5.32 Å². The number of amides is 1. The van der Waals surface area contributed by atoms with E-state index in [2.05, 4.69) is 21.2 Å². The maximum absolute atomic E-state index is 13.7. The normalized spacial score (nSPS) is 16.9. The number of nitrogens with one attached hydrogen (secondary N) is 1. The number of rotatable bonds is 3. The lowest BCUT2D eigenvalue weighted by Crippen LogP contribution is -2.52. The van der Waals surface area contributed by atoms with Crippen LogP contribution in [-0.2, 0) is 4.79 Å². The van der Waals surface area contributed by atoms with Crippen LogP contribution in [0.5, 0.6) is 0 Å². The van der Waals surface area contributed by atoms with Crippen LogP contribution in [-0.4, -0.2) is 22.5 Å². The molecule has 4 nitrogen and oxygen atoms in total. The summed E-state index contributed by atoms with van der Waals surface area (Å²) in [6.07, 6.45) is 1.82. The molecule has 0 unspecified atom stereocenters. The van der Waals surface area contributed by atoms with Crippen molar-refractivity contribution in [2.24, 2.45) is 0 Å². The number of hydrogen-bond donors (Lipinski definition) is 2. The molecule has 1 aromatic rings. The van der Waals surface area contributed by atoms with Gasteiger partial charge >= 0.3 is 5.97 Å². The Balaban J connectivity index is 2.31. The Morgan fingerprint density at radius 3 is 2.15 bits per heavy atom. The van der Waals surface area contributed by atoms with Crippen LogP contribution in [0, 0.1) is 11.6 Å². The van der Waals surface area contributed by atoms with Crippen molar-refractivity contribution >= 4 is 27.8 Å². The fourth-order valence-corrected chi connectivity index (χ4v) is 2.81. The summed E-state index contributed by atoms with van der Waals surface area (Å²) in [6.45, 7) is 0. The minimum absolute atomic E-state index is 0.165. The van der Waals surface area contributed by atoms with E-state index in [4.69, 9.17) is 0 Å². The predicted octanol–water partition coefficient (Wildman–Crippen LogP) is 2.85. The first kappa shape index (κ1) is 14.9. The molecule has 0 spiro atoms. The first-order valence-electron chi connectivity index (χ1n) is 6.06. The smallest absolute Gasteiger partial charge is 0.329 e. The molecule has 1 aliphatic rings. The summed E-state index contributed by atoms with van der Waals surface area (Å²) in [7, 11) is 0. The molecular formula is C13H12BrF2NO3. The maximum atomic E-state index is 13.7. The van der Waals surface area contributed by atoms with Crippen LogP contribution >= 0.6 is 15.9 Å². The van der Waals surface area contributed by atoms with E-state index in [0.717, 1.165) is 12.1 Å². The van der Waals surface area contributed by atoms with Crippen molar-refractivity contribution in [2.75, 3.05) is 0 Å². The lowest BCUT2D eigenvalue weighted by molar-refractivity contribution is -0.144. The van der Waals surface area contributed by atoms with Gasteiger partial charge < -0.3 is 10.4 Å². The third kappa shape index (κ3) is 2.67. The van der Waals surface area contributed by atoms with E-state index >= 15 is 0 Å². The molecule has 1 aromatic carbocycles. The molecule has 2 rings (SSSR count). The number of carboxylic acids is 1. The first-order chi connectivity index (χ1) is 9.35. The highest BCUT2D eigenvalue weighted by atomic mass is 79.9. The monoisotopic (exact) mass is 347 g/mol. The zero-order chi connectivity index (χ0) is 14.9. The average Bonchev–Trinajstić information content (AvgIpc) is 2.77. The van der Waals surface area contributed by atoms with Gasteiger partial charge in [-0.3, -0.25) is 4.79 Å². The van der Waals surface area contributed by atoms with Crippen LogP contribution in [0.3, 0.4) is 0 Å². The second kappa shape index (κ2) is 5.47. The third-order valence-electron chi connectivity index (χ3n) is 3.45. The summed E-state index contributed by atoms with van der Waals surface area (Å²) in [6, 6.07) is 1.92. The van der Waals surface area contributed by atoms with Gasteiger partial charge in [0.1, 0.15) is 22.7 Å². The Bertz CT molecular complexity index is 548. The zero-order valence-electron chi connectivity index (χ0n) is 10.4. The average molecular weight is 348 g/mol. The molecule has 0 saturated heterocycles. The summed E-state index contributed by atoms with van der Waals surface area (Å²) in [5.41, 5.74) is -2.19. The van der Waals surface area contributed by atoms with Crippen LogP contribution in [0.2, 0.25) is 0 Å². The van der Waals surface area contributed by atoms with Gasteiger partial charge in [-0.15, -0.1) is 0 Å².